The van der Waals surface area contributed by atoms with Crippen LogP contribution in [-0.4, -0.2) is 0 Å². The Balaban J connectivity index is 2.84. The molecule has 13 heavy (non-hydrogen) atoms. The standard InChI is InChI=1S/C11H18N2/c1-3-4-10(12)9-6-5-8(2)11(13)7-9/h5-7,10H,3-4,12-13H2,1-2H3/t10-/m1/s1. The predicted octanol–water partition coefficient (Wildman–Crippen LogP) is 2.38. The lowest BCUT2D eigenvalue weighted by Crippen LogP contribution is -2.10. The first-order chi connectivity index (χ1) is 6.15. The average Bonchev–Trinajstić information content (AvgIpc) is 2.10. The Kier molecular flexibility index (Phi) is 3.32. The van der Waals surface area contributed by atoms with Gasteiger partial charge in [-0.1, -0.05) is 25.5 Å². The van der Waals surface area contributed by atoms with Crippen LogP contribution in [0.2, 0.25) is 0 Å². The van der Waals surface area contributed by atoms with Gasteiger partial charge in [-0.05, 0) is 30.5 Å². The van der Waals surface area contributed by atoms with E-state index in [1.54, 1.807) is 0 Å². The number of aryl methyl sites for hydroxylation is 1. The van der Waals surface area contributed by atoms with Crippen molar-refractivity contribution in [2.45, 2.75) is 32.7 Å². The van der Waals surface area contributed by atoms with Gasteiger partial charge in [-0.15, -0.1) is 0 Å². The molecule has 0 heterocycles. The van der Waals surface area contributed by atoms with E-state index in [1.807, 2.05) is 19.1 Å². The number of rotatable bonds is 3. The van der Waals surface area contributed by atoms with Crippen LogP contribution in [0.4, 0.5) is 5.69 Å². The minimum absolute atomic E-state index is 0.132. The SMILES string of the molecule is CCC[C@@H](N)c1ccc(C)c(N)c1. The van der Waals surface area contributed by atoms with Crippen molar-refractivity contribution in [3.8, 4) is 0 Å². The molecule has 2 heteroatoms. The highest BCUT2D eigenvalue weighted by Crippen LogP contribution is 2.20. The van der Waals surface area contributed by atoms with Gasteiger partial charge in [0.1, 0.15) is 0 Å². The highest BCUT2D eigenvalue weighted by molar-refractivity contribution is 5.48. The molecule has 1 aromatic carbocycles. The topological polar surface area (TPSA) is 52.0 Å². The molecule has 0 fully saturated rings. The molecule has 0 radical (unpaired) electrons. The van der Waals surface area contributed by atoms with Crippen molar-refractivity contribution < 1.29 is 0 Å². The molecule has 72 valence electrons. The fraction of sp³-hybridized carbons (Fsp3) is 0.455. The van der Waals surface area contributed by atoms with Gasteiger partial charge in [0.2, 0.25) is 0 Å². The Morgan fingerprint density at radius 2 is 2.08 bits per heavy atom. The van der Waals surface area contributed by atoms with E-state index >= 15 is 0 Å². The lowest BCUT2D eigenvalue weighted by atomic mass is 10.0. The Hall–Kier alpha value is -1.02. The molecule has 0 amide bonds. The summed E-state index contributed by atoms with van der Waals surface area (Å²) >= 11 is 0. The van der Waals surface area contributed by atoms with Gasteiger partial charge < -0.3 is 11.5 Å². The van der Waals surface area contributed by atoms with Crippen molar-refractivity contribution in [2.75, 3.05) is 5.73 Å². The van der Waals surface area contributed by atoms with E-state index in [4.69, 9.17) is 11.5 Å². The lowest BCUT2D eigenvalue weighted by Gasteiger charge is -2.12. The van der Waals surface area contributed by atoms with E-state index in [0.717, 1.165) is 29.7 Å². The number of nitrogens with two attached hydrogens (primary N) is 2. The number of hydrogen-bond donors (Lipinski definition) is 2. The normalized spacial score (nSPS) is 12.8. The zero-order valence-electron chi connectivity index (χ0n) is 8.38. The minimum Gasteiger partial charge on any atom is -0.399 e. The summed E-state index contributed by atoms with van der Waals surface area (Å²) in [5.74, 6) is 0. The van der Waals surface area contributed by atoms with Gasteiger partial charge in [0.15, 0.2) is 0 Å². The first-order valence-corrected chi connectivity index (χ1v) is 4.76. The minimum atomic E-state index is 0.132. The summed E-state index contributed by atoms with van der Waals surface area (Å²) in [5.41, 5.74) is 14.9. The van der Waals surface area contributed by atoms with Crippen LogP contribution in [-0.2, 0) is 0 Å². The Morgan fingerprint density at radius 1 is 1.38 bits per heavy atom. The van der Waals surface area contributed by atoms with Crippen molar-refractivity contribution >= 4 is 5.69 Å². The quantitative estimate of drug-likeness (QED) is 0.698. The molecule has 0 aliphatic carbocycles. The molecular formula is C11H18N2. The van der Waals surface area contributed by atoms with Gasteiger partial charge in [-0.3, -0.25) is 0 Å². The molecular weight excluding hydrogens is 160 g/mol. The molecule has 2 nitrogen and oxygen atoms in total. The maximum Gasteiger partial charge on any atom is 0.0347 e. The van der Waals surface area contributed by atoms with Crippen molar-refractivity contribution in [3.63, 3.8) is 0 Å². The number of hydrogen-bond acceptors (Lipinski definition) is 2. The van der Waals surface area contributed by atoms with E-state index in [-0.39, 0.29) is 6.04 Å². The molecule has 0 spiro atoms. The third-order valence-corrected chi connectivity index (χ3v) is 2.33. The zero-order valence-corrected chi connectivity index (χ0v) is 8.38. The third kappa shape index (κ3) is 2.46. The van der Waals surface area contributed by atoms with Crippen molar-refractivity contribution in [1.29, 1.82) is 0 Å². The van der Waals surface area contributed by atoms with Gasteiger partial charge in [0, 0.05) is 11.7 Å². The van der Waals surface area contributed by atoms with Gasteiger partial charge in [0.05, 0.1) is 0 Å². The lowest BCUT2D eigenvalue weighted by molar-refractivity contribution is 0.638. The second kappa shape index (κ2) is 4.28. The van der Waals surface area contributed by atoms with Gasteiger partial charge >= 0.3 is 0 Å². The van der Waals surface area contributed by atoms with E-state index in [0.29, 0.717) is 0 Å². The molecule has 0 aliphatic rings. The summed E-state index contributed by atoms with van der Waals surface area (Å²) < 4.78 is 0. The maximum atomic E-state index is 5.97. The van der Waals surface area contributed by atoms with E-state index in [2.05, 4.69) is 13.0 Å². The van der Waals surface area contributed by atoms with Crippen molar-refractivity contribution in [2.24, 2.45) is 5.73 Å². The highest BCUT2D eigenvalue weighted by Gasteiger charge is 2.05. The number of anilines is 1. The summed E-state index contributed by atoms with van der Waals surface area (Å²) in [4.78, 5) is 0. The molecule has 0 saturated carbocycles. The van der Waals surface area contributed by atoms with Crippen molar-refractivity contribution in [1.82, 2.24) is 0 Å². The molecule has 1 atom stereocenters. The molecule has 0 saturated heterocycles. The Labute approximate surface area is 79.9 Å². The van der Waals surface area contributed by atoms with E-state index < -0.39 is 0 Å². The molecule has 0 aromatic heterocycles. The largest absolute Gasteiger partial charge is 0.399 e. The fourth-order valence-electron chi connectivity index (χ4n) is 1.37. The maximum absolute atomic E-state index is 5.97. The van der Waals surface area contributed by atoms with Crippen LogP contribution in [0.1, 0.15) is 36.9 Å². The average molecular weight is 178 g/mol. The summed E-state index contributed by atoms with van der Waals surface area (Å²) in [6.07, 6.45) is 2.12. The molecule has 0 unspecified atom stereocenters. The smallest absolute Gasteiger partial charge is 0.0347 e. The van der Waals surface area contributed by atoms with Gasteiger partial charge in [-0.2, -0.15) is 0 Å². The molecule has 1 aromatic rings. The van der Waals surface area contributed by atoms with Crippen LogP contribution in [0, 0.1) is 6.92 Å². The van der Waals surface area contributed by atoms with Crippen molar-refractivity contribution in [3.05, 3.63) is 29.3 Å². The second-order valence-corrected chi connectivity index (χ2v) is 3.51. The van der Waals surface area contributed by atoms with Crippen LogP contribution >= 0.6 is 0 Å². The van der Waals surface area contributed by atoms with Gasteiger partial charge in [0.25, 0.3) is 0 Å². The summed E-state index contributed by atoms with van der Waals surface area (Å²) in [6.45, 7) is 4.14. The Morgan fingerprint density at radius 3 is 2.62 bits per heavy atom. The van der Waals surface area contributed by atoms with Crippen LogP contribution in [0.5, 0.6) is 0 Å². The first kappa shape index (κ1) is 10.1. The number of benzene rings is 1. The Bertz CT molecular complexity index is 281. The highest BCUT2D eigenvalue weighted by atomic mass is 14.6. The monoisotopic (exact) mass is 178 g/mol. The second-order valence-electron chi connectivity index (χ2n) is 3.51. The van der Waals surface area contributed by atoms with Crippen LogP contribution < -0.4 is 11.5 Å². The van der Waals surface area contributed by atoms with Crippen LogP contribution in [0.15, 0.2) is 18.2 Å². The molecule has 1 rings (SSSR count). The van der Waals surface area contributed by atoms with Gasteiger partial charge in [-0.25, -0.2) is 0 Å². The third-order valence-electron chi connectivity index (χ3n) is 2.33. The summed E-state index contributed by atoms with van der Waals surface area (Å²) in [5, 5.41) is 0. The molecule has 4 N–H and O–H groups in total. The van der Waals surface area contributed by atoms with E-state index in [9.17, 15) is 0 Å². The van der Waals surface area contributed by atoms with Crippen LogP contribution in [0.25, 0.3) is 0 Å². The van der Waals surface area contributed by atoms with Crippen LogP contribution in [0.3, 0.4) is 0 Å². The number of nitrogen functional groups attached to an aromatic ring is 1. The summed E-state index contributed by atoms with van der Waals surface area (Å²) in [7, 11) is 0. The molecule has 0 bridgehead atoms. The zero-order chi connectivity index (χ0) is 9.84. The fourth-order valence-corrected chi connectivity index (χ4v) is 1.37. The predicted molar refractivity (Wildman–Crippen MR) is 57.4 cm³/mol. The summed E-state index contributed by atoms with van der Waals surface area (Å²) in [6, 6.07) is 6.20. The first-order valence-electron chi connectivity index (χ1n) is 4.76. The molecule has 0 aliphatic heterocycles. The van der Waals surface area contributed by atoms with E-state index in [1.165, 1.54) is 0 Å².